The van der Waals surface area contributed by atoms with E-state index < -0.39 is 0 Å². The number of aromatic nitrogens is 3. The molecule has 5 nitrogen and oxygen atoms in total. The summed E-state index contributed by atoms with van der Waals surface area (Å²) in [5, 5.41) is 5.79. The highest BCUT2D eigenvalue weighted by Crippen LogP contribution is 2.32. The van der Waals surface area contributed by atoms with E-state index in [0.717, 1.165) is 10.9 Å². The summed E-state index contributed by atoms with van der Waals surface area (Å²) < 4.78 is 7.74. The third-order valence-corrected chi connectivity index (χ3v) is 4.69. The van der Waals surface area contributed by atoms with Crippen LogP contribution in [0.5, 0.6) is 11.6 Å². The molecule has 0 aliphatic carbocycles. The molecule has 0 saturated carbocycles. The Bertz CT molecular complexity index is 1130. The summed E-state index contributed by atoms with van der Waals surface area (Å²) in [4.78, 5) is 16.3. The summed E-state index contributed by atoms with van der Waals surface area (Å²) in [6, 6.07) is 14.8. The Kier molecular flexibility index (Phi) is 4.09. The summed E-state index contributed by atoms with van der Waals surface area (Å²) in [5.41, 5.74) is 2.79. The third-order valence-electron chi connectivity index (χ3n) is 4.25. The molecule has 2 heterocycles. The Hall–Kier alpha value is -2.92. The van der Waals surface area contributed by atoms with Gasteiger partial charge in [0.15, 0.2) is 11.4 Å². The molecule has 0 unspecified atom stereocenters. The second kappa shape index (κ2) is 6.42. The van der Waals surface area contributed by atoms with Crippen molar-refractivity contribution in [1.29, 1.82) is 0 Å². The summed E-state index contributed by atoms with van der Waals surface area (Å²) in [5.74, 6) is 1.15. The molecule has 0 spiro atoms. The fraction of sp³-hybridized carbons (Fsp3) is 0.150. The monoisotopic (exact) mass is 365 g/mol. The van der Waals surface area contributed by atoms with Gasteiger partial charge in [-0.15, -0.1) is 0 Å². The number of hydrogen-bond acceptors (Lipinski definition) is 4. The van der Waals surface area contributed by atoms with E-state index in [1.807, 2.05) is 38.1 Å². The van der Waals surface area contributed by atoms with Crippen LogP contribution < -0.4 is 4.74 Å². The van der Waals surface area contributed by atoms with Gasteiger partial charge in [0.05, 0.1) is 16.6 Å². The predicted molar refractivity (Wildman–Crippen MR) is 101 cm³/mol. The maximum atomic E-state index is 11.8. The van der Waals surface area contributed by atoms with Gasteiger partial charge in [-0.2, -0.15) is 10.1 Å². The van der Waals surface area contributed by atoms with E-state index in [-0.39, 0.29) is 5.78 Å². The second-order valence-electron chi connectivity index (χ2n) is 5.97. The first-order valence-corrected chi connectivity index (χ1v) is 8.71. The van der Waals surface area contributed by atoms with Crippen molar-refractivity contribution in [3.05, 3.63) is 64.8 Å². The zero-order valence-electron chi connectivity index (χ0n) is 14.4. The second-order valence-corrected chi connectivity index (χ2v) is 6.35. The van der Waals surface area contributed by atoms with Crippen LogP contribution in [-0.2, 0) is 0 Å². The Morgan fingerprint density at radius 2 is 1.88 bits per heavy atom. The van der Waals surface area contributed by atoms with Crippen molar-refractivity contribution in [3.8, 4) is 11.6 Å². The molecule has 4 aromatic rings. The lowest BCUT2D eigenvalue weighted by atomic mass is 10.1. The first kappa shape index (κ1) is 16.5. The van der Waals surface area contributed by atoms with Gasteiger partial charge in [0.1, 0.15) is 10.8 Å². The van der Waals surface area contributed by atoms with Crippen molar-refractivity contribution in [2.45, 2.75) is 20.3 Å². The average molecular weight is 366 g/mol. The van der Waals surface area contributed by atoms with Gasteiger partial charge in [-0.1, -0.05) is 30.7 Å². The number of carbonyl (C=O) groups excluding carboxylic acids is 1. The first-order chi connectivity index (χ1) is 12.6. The minimum atomic E-state index is 0.100. The third kappa shape index (κ3) is 2.70. The Morgan fingerprint density at radius 3 is 2.62 bits per heavy atom. The Balaban J connectivity index is 1.82. The zero-order chi connectivity index (χ0) is 18.3. The molecule has 0 saturated heterocycles. The predicted octanol–water partition coefficient (Wildman–Crippen LogP) is 5.23. The fourth-order valence-corrected chi connectivity index (χ4v) is 3.02. The van der Waals surface area contributed by atoms with Crippen LogP contribution in [0.25, 0.3) is 16.6 Å². The lowest BCUT2D eigenvalue weighted by Gasteiger charge is -2.10. The Morgan fingerprint density at radius 1 is 1.15 bits per heavy atom. The average Bonchev–Trinajstić information content (AvgIpc) is 2.96. The SMILES string of the molecule is CCC(=O)c1ccc(Oc2nc3c(Cl)c(C)nn3c3ccccc23)cc1. The quantitative estimate of drug-likeness (QED) is 0.465. The number of hydrogen-bond donors (Lipinski definition) is 0. The number of benzene rings is 2. The van der Waals surface area contributed by atoms with Gasteiger partial charge in [0.25, 0.3) is 0 Å². The van der Waals surface area contributed by atoms with Gasteiger partial charge in [0, 0.05) is 12.0 Å². The number of ether oxygens (including phenoxy) is 1. The van der Waals surface area contributed by atoms with Gasteiger partial charge in [0.2, 0.25) is 5.88 Å². The van der Waals surface area contributed by atoms with Crippen LogP contribution in [0, 0.1) is 6.92 Å². The van der Waals surface area contributed by atoms with Crippen LogP contribution in [0.4, 0.5) is 0 Å². The highest BCUT2D eigenvalue weighted by atomic mass is 35.5. The number of carbonyl (C=O) groups is 1. The van der Waals surface area contributed by atoms with Gasteiger partial charge >= 0.3 is 0 Å². The molecule has 6 heteroatoms. The zero-order valence-corrected chi connectivity index (χ0v) is 15.1. The van der Waals surface area contributed by atoms with Crippen molar-refractivity contribution in [2.24, 2.45) is 0 Å². The van der Waals surface area contributed by atoms with Crippen LogP contribution in [0.1, 0.15) is 29.4 Å². The number of nitrogens with zero attached hydrogens (tertiary/aromatic N) is 3. The van der Waals surface area contributed by atoms with E-state index >= 15 is 0 Å². The van der Waals surface area contributed by atoms with Crippen LogP contribution in [0.15, 0.2) is 48.5 Å². The van der Waals surface area contributed by atoms with Gasteiger partial charge in [-0.05, 0) is 43.3 Å². The van der Waals surface area contributed by atoms with Crippen LogP contribution in [-0.4, -0.2) is 20.4 Å². The molecule has 130 valence electrons. The van der Waals surface area contributed by atoms with Crippen LogP contribution >= 0.6 is 11.6 Å². The van der Waals surface area contributed by atoms with Crippen molar-refractivity contribution in [2.75, 3.05) is 0 Å². The molecule has 0 N–H and O–H groups in total. The number of halogens is 1. The molecule has 0 atom stereocenters. The van der Waals surface area contributed by atoms with Crippen molar-refractivity contribution in [1.82, 2.24) is 14.6 Å². The summed E-state index contributed by atoms with van der Waals surface area (Å²) in [6.45, 7) is 3.69. The number of rotatable bonds is 4. The summed E-state index contributed by atoms with van der Waals surface area (Å²) >= 11 is 6.35. The minimum Gasteiger partial charge on any atom is -0.438 e. The highest BCUT2D eigenvalue weighted by Gasteiger charge is 2.16. The summed E-state index contributed by atoms with van der Waals surface area (Å²) in [7, 11) is 0. The molecule has 0 bridgehead atoms. The van der Waals surface area contributed by atoms with Gasteiger partial charge in [-0.25, -0.2) is 4.52 Å². The molecule has 2 aromatic carbocycles. The van der Waals surface area contributed by atoms with Crippen LogP contribution in [0.2, 0.25) is 5.02 Å². The highest BCUT2D eigenvalue weighted by molar-refractivity contribution is 6.34. The number of Topliss-reactive ketones (excluding diaryl/α,β-unsaturated/α-hetero) is 1. The molecule has 4 rings (SSSR count). The largest absolute Gasteiger partial charge is 0.438 e. The molecule has 0 aliphatic rings. The van der Waals surface area contributed by atoms with Crippen molar-refractivity contribution >= 4 is 33.9 Å². The Labute approximate surface area is 155 Å². The number of ketones is 1. The molecule has 0 amide bonds. The van der Waals surface area contributed by atoms with Gasteiger partial charge < -0.3 is 4.74 Å². The smallest absolute Gasteiger partial charge is 0.230 e. The standard InChI is InChI=1S/C20H16ClN3O2/c1-3-17(25)13-8-10-14(11-9-13)26-20-15-6-4-5-7-16(15)24-19(22-20)18(21)12(2)23-24/h4-11H,3H2,1-2H3. The van der Waals surface area contributed by atoms with Crippen LogP contribution in [0.3, 0.4) is 0 Å². The maximum Gasteiger partial charge on any atom is 0.230 e. The molecular formula is C20H16ClN3O2. The topological polar surface area (TPSA) is 56.5 Å². The molecule has 0 radical (unpaired) electrons. The normalized spacial score (nSPS) is 11.2. The van der Waals surface area contributed by atoms with E-state index in [9.17, 15) is 4.79 Å². The first-order valence-electron chi connectivity index (χ1n) is 8.33. The molecule has 0 aliphatic heterocycles. The lowest BCUT2D eigenvalue weighted by Crippen LogP contribution is -1.98. The maximum absolute atomic E-state index is 11.8. The van der Waals surface area contributed by atoms with Crippen molar-refractivity contribution < 1.29 is 9.53 Å². The van der Waals surface area contributed by atoms with E-state index in [2.05, 4.69) is 10.1 Å². The van der Waals surface area contributed by atoms with E-state index in [1.54, 1.807) is 28.8 Å². The van der Waals surface area contributed by atoms with E-state index in [0.29, 0.717) is 40.0 Å². The lowest BCUT2D eigenvalue weighted by molar-refractivity contribution is 0.0988. The van der Waals surface area contributed by atoms with Gasteiger partial charge in [-0.3, -0.25) is 4.79 Å². The number of aryl methyl sites for hydroxylation is 1. The molecule has 26 heavy (non-hydrogen) atoms. The minimum absolute atomic E-state index is 0.100. The number of para-hydroxylation sites is 1. The fourth-order valence-electron chi connectivity index (χ4n) is 2.86. The molecule has 2 aromatic heterocycles. The molecule has 0 fully saturated rings. The van der Waals surface area contributed by atoms with Crippen molar-refractivity contribution in [3.63, 3.8) is 0 Å². The number of fused-ring (bicyclic) bond motifs is 3. The van der Waals surface area contributed by atoms with E-state index in [1.165, 1.54) is 0 Å². The summed E-state index contributed by atoms with van der Waals surface area (Å²) in [6.07, 6.45) is 0.474. The van der Waals surface area contributed by atoms with E-state index in [4.69, 9.17) is 16.3 Å². The molecular weight excluding hydrogens is 350 g/mol.